The lowest BCUT2D eigenvalue weighted by Gasteiger charge is -2.37. The Kier molecular flexibility index (Phi) is 22.4. The number of piperidine rings is 1. The smallest absolute Gasteiger partial charge is 0.313 e. The molecule has 1 fully saturated rings. The first kappa shape index (κ1) is 62.4. The summed E-state index contributed by atoms with van der Waals surface area (Å²) < 4.78 is 243. The topological polar surface area (TPSA) is 182 Å². The third-order valence-corrected chi connectivity index (χ3v) is 11.3. The molecule has 4 aromatic rings. The third kappa shape index (κ3) is 16.3. The van der Waals surface area contributed by atoms with Crippen molar-refractivity contribution in [2.45, 2.75) is 63.5 Å². The van der Waals surface area contributed by atoms with Crippen LogP contribution in [0.2, 0.25) is 0 Å². The number of hydrogen-bond acceptors (Lipinski definition) is 13. The van der Waals surface area contributed by atoms with E-state index < -0.39 is 211 Å². The molecule has 0 bridgehead atoms. The lowest BCUT2D eigenvalue weighted by molar-refractivity contribution is -0.145. The molecule has 430 valence electrons. The van der Waals surface area contributed by atoms with Crippen LogP contribution in [0.15, 0.2) is 30.3 Å². The van der Waals surface area contributed by atoms with Crippen LogP contribution in [0.3, 0.4) is 0 Å². The minimum absolute atomic E-state index is 0.00867. The van der Waals surface area contributed by atoms with E-state index in [1.807, 2.05) is 0 Å². The van der Waals surface area contributed by atoms with Crippen LogP contribution < -0.4 is 19.5 Å². The summed E-state index contributed by atoms with van der Waals surface area (Å²) in [6, 6.07) is 8.75. The Morgan fingerprint density at radius 2 is 0.797 bits per heavy atom. The van der Waals surface area contributed by atoms with Crippen molar-refractivity contribution in [2.75, 3.05) is 52.7 Å². The lowest BCUT2D eigenvalue weighted by atomic mass is 9.93. The fourth-order valence-electron chi connectivity index (χ4n) is 7.13. The van der Waals surface area contributed by atoms with Crippen LogP contribution in [0.4, 0.5) is 65.9 Å². The zero-order chi connectivity index (χ0) is 58.3. The maximum Gasteiger partial charge on any atom is 0.313 e. The summed E-state index contributed by atoms with van der Waals surface area (Å²) in [5, 5.41) is 2.53. The molecule has 0 spiro atoms. The van der Waals surface area contributed by atoms with E-state index in [-0.39, 0.29) is 51.8 Å². The van der Waals surface area contributed by atoms with Crippen LogP contribution in [-0.4, -0.2) is 98.9 Å². The van der Waals surface area contributed by atoms with Crippen LogP contribution in [0, 0.1) is 93.2 Å². The Balaban J connectivity index is 1.31. The monoisotopic (exact) mass is 1150 g/mol. The van der Waals surface area contributed by atoms with Gasteiger partial charge in [-0.1, -0.05) is 30.3 Å². The van der Waals surface area contributed by atoms with Crippen LogP contribution in [0.5, 0.6) is 17.2 Å². The van der Waals surface area contributed by atoms with Crippen molar-refractivity contribution < 1.29 is 128 Å². The summed E-state index contributed by atoms with van der Waals surface area (Å²) in [4.78, 5) is 78.3. The van der Waals surface area contributed by atoms with Gasteiger partial charge in [0.1, 0.15) is 12.1 Å². The van der Waals surface area contributed by atoms with Gasteiger partial charge >= 0.3 is 23.9 Å². The molecule has 0 unspecified atom stereocenters. The van der Waals surface area contributed by atoms with Gasteiger partial charge in [-0.15, -0.1) is 0 Å². The van der Waals surface area contributed by atoms with Crippen molar-refractivity contribution in [3.05, 3.63) is 123 Å². The van der Waals surface area contributed by atoms with E-state index in [1.165, 1.54) is 4.90 Å². The molecule has 0 aromatic heterocycles. The van der Waals surface area contributed by atoms with E-state index in [9.17, 15) is 94.6 Å². The maximum atomic E-state index is 14.2. The molecule has 1 N–H and O–H groups in total. The molecule has 79 heavy (non-hydrogen) atoms. The minimum Gasteiger partial charge on any atom is -0.461 e. The molecule has 1 aliphatic rings. The van der Waals surface area contributed by atoms with Gasteiger partial charge in [-0.25, -0.2) is 39.5 Å². The van der Waals surface area contributed by atoms with E-state index in [2.05, 4.69) is 19.5 Å². The summed E-state index contributed by atoms with van der Waals surface area (Å²) in [5.74, 6) is -51.5. The van der Waals surface area contributed by atoms with Crippen LogP contribution in [0.25, 0.3) is 0 Å². The molecule has 0 saturated carbocycles. The Morgan fingerprint density at radius 3 is 1.15 bits per heavy atom. The average molecular weight is 1150 g/mol. The third-order valence-electron chi connectivity index (χ3n) is 11.3. The number of ether oxygens (including phenoxy) is 7. The summed E-state index contributed by atoms with van der Waals surface area (Å²) in [7, 11) is 0. The number of halogens is 15. The Morgan fingerprint density at radius 1 is 0.456 bits per heavy atom. The van der Waals surface area contributed by atoms with E-state index in [0.717, 1.165) is 5.56 Å². The highest BCUT2D eigenvalue weighted by molar-refractivity contribution is 5.81. The number of benzene rings is 4. The lowest BCUT2D eigenvalue weighted by Crippen LogP contribution is -2.60. The molecular formula is C49H41F15N2O13. The second-order valence-electron chi connectivity index (χ2n) is 17.0. The van der Waals surface area contributed by atoms with Crippen LogP contribution in [-0.2, 0) is 54.3 Å². The van der Waals surface area contributed by atoms with Crippen LogP contribution in [0.1, 0.15) is 56.9 Å². The zero-order valence-electron chi connectivity index (χ0n) is 40.4. The number of carbonyl (C=O) groups excluding carboxylic acids is 6. The Hall–Kier alpha value is -7.47. The summed E-state index contributed by atoms with van der Waals surface area (Å²) in [6.07, 6.45) is -3.35. The van der Waals surface area contributed by atoms with E-state index in [4.69, 9.17) is 18.9 Å². The van der Waals surface area contributed by atoms with E-state index >= 15 is 0 Å². The number of rotatable bonds is 26. The number of esters is 4. The van der Waals surface area contributed by atoms with Gasteiger partial charge in [-0.05, 0) is 24.8 Å². The number of amides is 2. The summed E-state index contributed by atoms with van der Waals surface area (Å²) in [6.45, 7) is -5.59. The van der Waals surface area contributed by atoms with Gasteiger partial charge in [0.25, 0.3) is 0 Å². The van der Waals surface area contributed by atoms with E-state index in [0.29, 0.717) is 0 Å². The fourth-order valence-corrected chi connectivity index (χ4v) is 7.13. The largest absolute Gasteiger partial charge is 0.461 e. The number of carbonyl (C=O) groups is 6. The van der Waals surface area contributed by atoms with Crippen LogP contribution >= 0.6 is 0 Å². The molecule has 1 heterocycles. The molecular weight excluding hydrogens is 1110 g/mol. The SMILES string of the molecule is O=C(CCCC(=O)N1CCC(C(=O)NC(COCCC(=O)Oc2c(F)c(F)c(F)c(F)c2F)(COCCC(=O)Oc2c(F)c(F)c(F)c(F)c2F)COCCC(=O)Oc2c(F)c(F)c(F)c(F)c2F)CC1)OCc1ccccc1. The molecule has 0 radical (unpaired) electrons. The molecule has 5 rings (SSSR count). The van der Waals surface area contributed by atoms with Crippen molar-refractivity contribution in [1.82, 2.24) is 10.2 Å². The van der Waals surface area contributed by atoms with Crippen molar-refractivity contribution >= 4 is 35.7 Å². The Labute approximate surface area is 435 Å². The zero-order valence-corrected chi connectivity index (χ0v) is 40.4. The minimum atomic E-state index is -2.58. The molecule has 15 nitrogen and oxygen atoms in total. The molecule has 2 amide bonds. The molecule has 30 heteroatoms. The number of hydrogen-bond donors (Lipinski definition) is 1. The van der Waals surface area contributed by atoms with E-state index in [1.54, 1.807) is 30.3 Å². The molecule has 0 aliphatic carbocycles. The maximum absolute atomic E-state index is 14.2. The number of likely N-dealkylation sites (tertiary alicyclic amines) is 1. The van der Waals surface area contributed by atoms with Gasteiger partial charge in [0.15, 0.2) is 0 Å². The van der Waals surface area contributed by atoms with Gasteiger partial charge in [0, 0.05) is 31.8 Å². The van der Waals surface area contributed by atoms with Crippen molar-refractivity contribution in [3.63, 3.8) is 0 Å². The predicted octanol–water partition coefficient (Wildman–Crippen LogP) is 8.12. The first-order valence-electron chi connectivity index (χ1n) is 23.1. The average Bonchev–Trinajstić information content (AvgIpc) is 3.51. The van der Waals surface area contributed by atoms with Crippen molar-refractivity contribution in [3.8, 4) is 17.2 Å². The van der Waals surface area contributed by atoms with Gasteiger partial charge in [-0.2, -0.15) is 26.3 Å². The van der Waals surface area contributed by atoms with Gasteiger partial charge in [0.05, 0.1) is 58.9 Å². The molecule has 4 aromatic carbocycles. The second-order valence-corrected chi connectivity index (χ2v) is 17.0. The van der Waals surface area contributed by atoms with Gasteiger partial charge < -0.3 is 43.4 Å². The summed E-state index contributed by atoms with van der Waals surface area (Å²) in [5.41, 5.74) is -1.44. The Bertz CT molecular complexity index is 2600. The highest BCUT2D eigenvalue weighted by atomic mass is 19.2. The fraction of sp³-hybridized carbons (Fsp3) is 0.388. The van der Waals surface area contributed by atoms with Gasteiger partial charge in [0.2, 0.25) is 116 Å². The quantitative estimate of drug-likeness (QED) is 0.0159. The second kappa shape index (κ2) is 28.4. The highest BCUT2D eigenvalue weighted by Gasteiger charge is 2.38. The molecule has 1 saturated heterocycles. The van der Waals surface area contributed by atoms with Crippen molar-refractivity contribution in [2.24, 2.45) is 5.92 Å². The van der Waals surface area contributed by atoms with Crippen molar-refractivity contribution in [1.29, 1.82) is 0 Å². The number of nitrogens with zero attached hydrogens (tertiary/aromatic N) is 1. The standard InChI is InChI=1S/C49H41F15N2O13/c50-30-33(53)39(59)45(40(60)34(30)54)77-27(69)11-16-73-20-49(21-74-17-12-28(70)78-46-41(61)35(55)31(51)36(56)42(46)62,22-75-18-13-29(71)79-47-43(63)37(57)32(52)38(58)44(47)64)65-48(72)24-9-14-66(15-10-24)25(67)7-4-8-26(68)76-19-23-5-2-1-3-6-23/h1-3,5-6,24H,4,7-22H2,(H,65,72). The molecule has 0 atom stereocenters. The number of nitrogens with one attached hydrogen (secondary N) is 1. The first-order chi connectivity index (χ1) is 37.4. The normalized spacial score (nSPS) is 12.8. The highest BCUT2D eigenvalue weighted by Crippen LogP contribution is 2.32. The van der Waals surface area contributed by atoms with Gasteiger partial charge in [-0.3, -0.25) is 28.8 Å². The predicted molar refractivity (Wildman–Crippen MR) is 232 cm³/mol. The molecule has 1 aliphatic heterocycles. The summed E-state index contributed by atoms with van der Waals surface area (Å²) >= 11 is 0. The first-order valence-corrected chi connectivity index (χ1v) is 23.1.